The van der Waals surface area contributed by atoms with Gasteiger partial charge in [-0.3, -0.25) is 0 Å². The van der Waals surface area contributed by atoms with E-state index in [4.69, 9.17) is 4.74 Å². The highest BCUT2D eigenvalue weighted by molar-refractivity contribution is 5.96. The van der Waals surface area contributed by atoms with Crippen molar-refractivity contribution in [2.45, 2.75) is 26.0 Å². The van der Waals surface area contributed by atoms with Gasteiger partial charge in [0.2, 0.25) is 5.90 Å². The van der Waals surface area contributed by atoms with Gasteiger partial charge < -0.3 is 4.74 Å². The summed E-state index contributed by atoms with van der Waals surface area (Å²) in [5.74, 6) is -1.32. The van der Waals surface area contributed by atoms with Gasteiger partial charge in [-0.05, 0) is 42.7 Å². The van der Waals surface area contributed by atoms with E-state index in [0.717, 1.165) is 16.7 Å². The molecule has 4 rings (SSSR count). The van der Waals surface area contributed by atoms with Crippen molar-refractivity contribution in [1.82, 2.24) is 0 Å². The second-order valence-electron chi connectivity index (χ2n) is 6.79. The molecular formula is C23H19F2NO. The Balaban J connectivity index is 1.63. The van der Waals surface area contributed by atoms with Gasteiger partial charge in [-0.25, -0.2) is 13.8 Å². The van der Waals surface area contributed by atoms with Crippen molar-refractivity contribution < 1.29 is 13.5 Å². The van der Waals surface area contributed by atoms with E-state index < -0.39 is 11.6 Å². The van der Waals surface area contributed by atoms with Crippen molar-refractivity contribution in [3.05, 3.63) is 95.1 Å². The Hall–Kier alpha value is -3.01. The summed E-state index contributed by atoms with van der Waals surface area (Å²) < 4.78 is 33.7. The molecule has 0 spiro atoms. The fraction of sp³-hybridized carbons (Fsp3) is 0.174. The molecule has 1 aliphatic rings. The number of benzene rings is 3. The Morgan fingerprint density at radius 2 is 1.37 bits per heavy atom. The van der Waals surface area contributed by atoms with Gasteiger partial charge in [0.15, 0.2) is 0 Å². The van der Waals surface area contributed by atoms with Gasteiger partial charge >= 0.3 is 0 Å². The maximum atomic E-state index is 14.0. The number of ether oxygens (including phenoxy) is 1. The molecule has 27 heavy (non-hydrogen) atoms. The van der Waals surface area contributed by atoms with Crippen LogP contribution in [0.1, 0.15) is 29.7 Å². The molecule has 2 nitrogen and oxygen atoms in total. The second-order valence-corrected chi connectivity index (χ2v) is 6.79. The number of hydrogen-bond donors (Lipinski definition) is 0. The van der Waals surface area contributed by atoms with Gasteiger partial charge in [0.05, 0.1) is 0 Å². The van der Waals surface area contributed by atoms with Gasteiger partial charge in [-0.1, -0.05) is 60.2 Å². The Morgan fingerprint density at radius 1 is 0.815 bits per heavy atom. The van der Waals surface area contributed by atoms with Crippen LogP contribution in [0.2, 0.25) is 0 Å². The van der Waals surface area contributed by atoms with E-state index in [-0.39, 0.29) is 23.6 Å². The van der Waals surface area contributed by atoms with Gasteiger partial charge in [0.1, 0.15) is 29.3 Å². The topological polar surface area (TPSA) is 21.6 Å². The van der Waals surface area contributed by atoms with Crippen molar-refractivity contribution in [3.63, 3.8) is 0 Å². The summed E-state index contributed by atoms with van der Waals surface area (Å²) in [6, 6.07) is 19.8. The van der Waals surface area contributed by atoms with Gasteiger partial charge in [0.25, 0.3) is 0 Å². The lowest BCUT2D eigenvalue weighted by Crippen LogP contribution is -2.14. The first-order valence-corrected chi connectivity index (χ1v) is 8.89. The van der Waals surface area contributed by atoms with Gasteiger partial charge in [0, 0.05) is 0 Å². The molecule has 2 atom stereocenters. The predicted octanol–water partition coefficient (Wildman–Crippen LogP) is 5.85. The Labute approximate surface area is 157 Å². The third kappa shape index (κ3) is 3.35. The number of nitrogens with zero attached hydrogens (tertiary/aromatic N) is 1. The van der Waals surface area contributed by atoms with Crippen LogP contribution in [0, 0.1) is 18.6 Å². The zero-order valence-corrected chi connectivity index (χ0v) is 15.1. The maximum absolute atomic E-state index is 14.0. The van der Waals surface area contributed by atoms with Crippen LogP contribution in [0.4, 0.5) is 8.78 Å². The highest BCUT2D eigenvalue weighted by atomic mass is 19.1. The molecule has 0 aliphatic carbocycles. The third-order valence-electron chi connectivity index (χ3n) is 4.81. The minimum Gasteiger partial charge on any atom is -0.472 e. The molecule has 0 radical (unpaired) electrons. The van der Waals surface area contributed by atoms with E-state index in [1.807, 2.05) is 31.2 Å². The largest absolute Gasteiger partial charge is 0.472 e. The fourth-order valence-corrected chi connectivity index (χ4v) is 3.29. The molecule has 3 aromatic rings. The van der Waals surface area contributed by atoms with Crippen molar-refractivity contribution >= 4 is 5.90 Å². The van der Waals surface area contributed by atoms with Crippen LogP contribution < -0.4 is 0 Å². The number of halogens is 2. The van der Waals surface area contributed by atoms with Gasteiger partial charge in [-0.2, -0.15) is 0 Å². The number of rotatable bonds is 3. The molecule has 4 heteroatoms. The molecule has 136 valence electrons. The molecule has 0 aromatic heterocycles. The lowest BCUT2D eigenvalue weighted by Gasteiger charge is -2.13. The van der Waals surface area contributed by atoms with Crippen LogP contribution in [0.3, 0.4) is 0 Å². The molecule has 0 amide bonds. The van der Waals surface area contributed by atoms with Crippen molar-refractivity contribution in [1.29, 1.82) is 0 Å². The minimum absolute atomic E-state index is 0.0192. The fourth-order valence-electron chi connectivity index (χ4n) is 3.29. The lowest BCUT2D eigenvalue weighted by molar-refractivity contribution is 0.213. The molecule has 0 N–H and O–H groups in total. The monoisotopic (exact) mass is 363 g/mol. The van der Waals surface area contributed by atoms with Gasteiger partial charge in [-0.15, -0.1) is 0 Å². The summed E-state index contributed by atoms with van der Waals surface area (Å²) in [6.07, 6.45) is -0.302. The molecule has 1 heterocycles. The van der Waals surface area contributed by atoms with Crippen LogP contribution in [0.25, 0.3) is 11.1 Å². The molecule has 1 unspecified atom stereocenters. The number of aryl methyl sites for hydroxylation is 1. The summed E-state index contributed by atoms with van der Waals surface area (Å²) in [5, 5.41) is 0. The standard InChI is InChI=1S/C23H19F2NO/c1-14-6-8-16(9-7-14)17-10-12-18(13-11-17)22-15(2)27-23(26-22)21-19(24)4-3-5-20(21)25/h3-13,15,22H,1-2H3/t15-,22?/m1/s1. The molecule has 0 saturated heterocycles. The summed E-state index contributed by atoms with van der Waals surface area (Å²) in [5.41, 5.74) is 4.21. The first-order chi connectivity index (χ1) is 13.0. The van der Waals surface area contributed by atoms with Crippen LogP contribution in [-0.2, 0) is 4.74 Å². The Bertz CT molecular complexity index is 974. The third-order valence-corrected chi connectivity index (χ3v) is 4.81. The summed E-state index contributed by atoms with van der Waals surface area (Å²) in [4.78, 5) is 4.46. The zero-order valence-electron chi connectivity index (χ0n) is 15.1. The van der Waals surface area contributed by atoms with Crippen LogP contribution in [0.15, 0.2) is 71.7 Å². The maximum Gasteiger partial charge on any atom is 0.223 e. The highest BCUT2D eigenvalue weighted by Crippen LogP contribution is 2.33. The van der Waals surface area contributed by atoms with Crippen molar-refractivity contribution in [2.24, 2.45) is 4.99 Å². The van der Waals surface area contributed by atoms with Crippen LogP contribution >= 0.6 is 0 Å². The Kier molecular flexibility index (Phi) is 4.48. The SMILES string of the molecule is Cc1ccc(-c2ccc(C3N=C(c4c(F)cccc4F)O[C@@H]3C)cc2)cc1. The highest BCUT2D eigenvalue weighted by Gasteiger charge is 2.31. The number of hydrogen-bond acceptors (Lipinski definition) is 2. The molecule has 0 bridgehead atoms. The van der Waals surface area contributed by atoms with E-state index in [2.05, 4.69) is 36.2 Å². The quantitative estimate of drug-likeness (QED) is 0.572. The molecule has 1 aliphatic heterocycles. The average Bonchev–Trinajstić information content (AvgIpc) is 3.04. The molecule has 3 aromatic carbocycles. The summed E-state index contributed by atoms with van der Waals surface area (Å²) in [6.45, 7) is 3.91. The van der Waals surface area contributed by atoms with E-state index in [1.54, 1.807) is 0 Å². The van der Waals surface area contributed by atoms with E-state index in [0.29, 0.717) is 0 Å². The molecule has 0 fully saturated rings. The Morgan fingerprint density at radius 3 is 1.96 bits per heavy atom. The predicted molar refractivity (Wildman–Crippen MR) is 103 cm³/mol. The van der Waals surface area contributed by atoms with Crippen LogP contribution in [-0.4, -0.2) is 12.0 Å². The molecular weight excluding hydrogens is 344 g/mol. The first kappa shape index (κ1) is 17.4. The van der Waals surface area contributed by atoms with E-state index >= 15 is 0 Å². The van der Waals surface area contributed by atoms with Crippen molar-refractivity contribution in [3.8, 4) is 11.1 Å². The zero-order chi connectivity index (χ0) is 19.0. The summed E-state index contributed by atoms with van der Waals surface area (Å²) >= 11 is 0. The normalized spacial score (nSPS) is 18.9. The lowest BCUT2D eigenvalue weighted by atomic mass is 9.98. The minimum atomic E-state index is -0.670. The van der Waals surface area contributed by atoms with Crippen molar-refractivity contribution in [2.75, 3.05) is 0 Å². The first-order valence-electron chi connectivity index (χ1n) is 8.89. The van der Waals surface area contributed by atoms with Crippen LogP contribution in [0.5, 0.6) is 0 Å². The van der Waals surface area contributed by atoms with E-state index in [9.17, 15) is 8.78 Å². The second kappa shape index (κ2) is 6.95. The summed E-state index contributed by atoms with van der Waals surface area (Å²) in [7, 11) is 0. The van der Waals surface area contributed by atoms with E-state index in [1.165, 1.54) is 23.8 Å². The number of aliphatic imine (C=N–C) groups is 1. The average molecular weight is 363 g/mol. The smallest absolute Gasteiger partial charge is 0.223 e. The molecule has 0 saturated carbocycles.